The van der Waals surface area contributed by atoms with Crippen molar-refractivity contribution in [3.8, 4) is 0 Å². The summed E-state index contributed by atoms with van der Waals surface area (Å²) < 4.78 is 0. The van der Waals surface area contributed by atoms with Gasteiger partial charge in [0, 0.05) is 5.54 Å². The number of hydrogen-bond donors (Lipinski definition) is 1. The van der Waals surface area contributed by atoms with Crippen LogP contribution in [-0.2, 0) is 0 Å². The van der Waals surface area contributed by atoms with E-state index >= 15 is 0 Å². The average Bonchev–Trinajstić information content (AvgIpc) is 2.26. The van der Waals surface area contributed by atoms with E-state index in [0.717, 1.165) is 5.92 Å². The monoisotopic (exact) mass is 253 g/mol. The van der Waals surface area contributed by atoms with Crippen LogP contribution < -0.4 is 5.73 Å². The molecular formula is C17H35N. The fraction of sp³-hybridized carbons (Fsp3) is 1.00. The molecule has 1 saturated carbocycles. The van der Waals surface area contributed by atoms with Gasteiger partial charge in [0.2, 0.25) is 0 Å². The first-order chi connectivity index (χ1) is 8.08. The highest BCUT2D eigenvalue weighted by molar-refractivity contribution is 4.93. The van der Waals surface area contributed by atoms with Gasteiger partial charge in [-0.15, -0.1) is 0 Å². The van der Waals surface area contributed by atoms with Gasteiger partial charge in [-0.1, -0.05) is 48.0 Å². The predicted octanol–water partition coefficient (Wildman–Crippen LogP) is 5.14. The first kappa shape index (κ1) is 16.0. The highest BCUT2D eigenvalue weighted by Gasteiger charge is 2.37. The van der Waals surface area contributed by atoms with Crippen molar-refractivity contribution in [3.05, 3.63) is 0 Å². The zero-order valence-corrected chi connectivity index (χ0v) is 13.6. The van der Waals surface area contributed by atoms with Gasteiger partial charge in [0.25, 0.3) is 0 Å². The summed E-state index contributed by atoms with van der Waals surface area (Å²) in [4.78, 5) is 0. The lowest BCUT2D eigenvalue weighted by molar-refractivity contribution is 0.106. The molecule has 0 spiro atoms. The highest BCUT2D eigenvalue weighted by atomic mass is 14.7. The van der Waals surface area contributed by atoms with E-state index in [1.54, 1.807) is 0 Å². The molecule has 0 atom stereocenters. The molecule has 0 aromatic carbocycles. The molecule has 0 heterocycles. The summed E-state index contributed by atoms with van der Waals surface area (Å²) in [6, 6.07) is 0. The molecule has 1 rings (SSSR count). The van der Waals surface area contributed by atoms with Crippen LogP contribution in [0.1, 0.15) is 86.5 Å². The molecule has 1 heteroatoms. The Kier molecular flexibility index (Phi) is 4.92. The number of rotatable bonds is 4. The van der Waals surface area contributed by atoms with Crippen molar-refractivity contribution in [2.24, 2.45) is 22.5 Å². The zero-order chi connectivity index (χ0) is 14.0. The molecule has 1 nitrogen and oxygen atoms in total. The maximum atomic E-state index is 6.61. The lowest BCUT2D eigenvalue weighted by Gasteiger charge is -2.44. The molecule has 1 aliphatic carbocycles. The first-order valence-electron chi connectivity index (χ1n) is 7.87. The minimum absolute atomic E-state index is 0.133. The third kappa shape index (κ3) is 4.57. The van der Waals surface area contributed by atoms with E-state index in [1.165, 1.54) is 44.9 Å². The second kappa shape index (κ2) is 5.53. The Balaban J connectivity index is 2.47. The molecule has 0 aliphatic heterocycles. The minimum Gasteiger partial charge on any atom is -0.325 e. The molecule has 0 saturated heterocycles. The molecule has 0 amide bonds. The summed E-state index contributed by atoms with van der Waals surface area (Å²) in [5, 5.41) is 0. The van der Waals surface area contributed by atoms with Gasteiger partial charge in [-0.3, -0.25) is 0 Å². The van der Waals surface area contributed by atoms with Crippen molar-refractivity contribution in [1.82, 2.24) is 0 Å². The summed E-state index contributed by atoms with van der Waals surface area (Å²) in [6.07, 6.45) is 8.88. The fourth-order valence-corrected chi connectivity index (χ4v) is 3.14. The van der Waals surface area contributed by atoms with Gasteiger partial charge in [0.15, 0.2) is 0 Å². The molecule has 2 N–H and O–H groups in total. The average molecular weight is 253 g/mol. The Bertz CT molecular complexity index is 251. The Morgan fingerprint density at radius 3 is 1.94 bits per heavy atom. The topological polar surface area (TPSA) is 26.0 Å². The standard InChI is InChI=1S/C17H35N/c1-7-16(5,6)14-8-10-17(18,11-9-14)13-12-15(2,3)4/h14H,7-13,18H2,1-6H3. The van der Waals surface area contributed by atoms with Gasteiger partial charge in [0.05, 0.1) is 0 Å². The molecule has 18 heavy (non-hydrogen) atoms. The third-order valence-corrected chi connectivity index (χ3v) is 5.37. The second-order valence-corrected chi connectivity index (χ2v) is 8.54. The van der Waals surface area contributed by atoms with Crippen molar-refractivity contribution in [1.29, 1.82) is 0 Å². The second-order valence-electron chi connectivity index (χ2n) is 8.54. The normalized spacial score (nSPS) is 30.5. The Morgan fingerprint density at radius 1 is 1.06 bits per heavy atom. The van der Waals surface area contributed by atoms with Gasteiger partial charge >= 0.3 is 0 Å². The van der Waals surface area contributed by atoms with Crippen LogP contribution in [0.4, 0.5) is 0 Å². The van der Waals surface area contributed by atoms with Gasteiger partial charge in [-0.25, -0.2) is 0 Å². The van der Waals surface area contributed by atoms with Crippen molar-refractivity contribution in [3.63, 3.8) is 0 Å². The largest absolute Gasteiger partial charge is 0.325 e. The fourth-order valence-electron chi connectivity index (χ4n) is 3.14. The van der Waals surface area contributed by atoms with Crippen molar-refractivity contribution in [2.75, 3.05) is 0 Å². The van der Waals surface area contributed by atoms with E-state index in [2.05, 4.69) is 41.5 Å². The lowest BCUT2D eigenvalue weighted by atomic mass is 9.64. The minimum atomic E-state index is 0.133. The van der Waals surface area contributed by atoms with E-state index in [9.17, 15) is 0 Å². The summed E-state index contributed by atoms with van der Waals surface area (Å²) >= 11 is 0. The van der Waals surface area contributed by atoms with E-state index in [-0.39, 0.29) is 5.54 Å². The highest BCUT2D eigenvalue weighted by Crippen LogP contribution is 2.44. The van der Waals surface area contributed by atoms with Gasteiger partial charge in [-0.2, -0.15) is 0 Å². The molecule has 0 unspecified atom stereocenters. The smallest absolute Gasteiger partial charge is 0.0154 e. The van der Waals surface area contributed by atoms with E-state index in [0.29, 0.717) is 10.8 Å². The molecule has 0 aromatic heterocycles. The quantitative estimate of drug-likeness (QED) is 0.738. The maximum absolute atomic E-state index is 6.61. The van der Waals surface area contributed by atoms with Gasteiger partial charge in [-0.05, 0) is 55.3 Å². The summed E-state index contributed by atoms with van der Waals surface area (Å²) in [5.74, 6) is 0.883. The van der Waals surface area contributed by atoms with Crippen molar-refractivity contribution >= 4 is 0 Å². The van der Waals surface area contributed by atoms with Crippen LogP contribution in [0.2, 0.25) is 0 Å². The van der Waals surface area contributed by atoms with Gasteiger partial charge < -0.3 is 5.73 Å². The maximum Gasteiger partial charge on any atom is 0.0154 e. The molecule has 0 bridgehead atoms. The number of hydrogen-bond acceptors (Lipinski definition) is 1. The third-order valence-electron chi connectivity index (χ3n) is 5.37. The first-order valence-corrected chi connectivity index (χ1v) is 7.87. The summed E-state index contributed by atoms with van der Waals surface area (Å²) in [6.45, 7) is 14.1. The van der Waals surface area contributed by atoms with Crippen LogP contribution in [0.15, 0.2) is 0 Å². The van der Waals surface area contributed by atoms with E-state index in [1.807, 2.05) is 0 Å². The van der Waals surface area contributed by atoms with Crippen molar-refractivity contribution in [2.45, 2.75) is 92.0 Å². The molecule has 1 fully saturated rings. The van der Waals surface area contributed by atoms with Crippen molar-refractivity contribution < 1.29 is 0 Å². The van der Waals surface area contributed by atoms with Gasteiger partial charge in [0.1, 0.15) is 0 Å². The van der Waals surface area contributed by atoms with Crippen LogP contribution in [0, 0.1) is 16.7 Å². The Hall–Kier alpha value is -0.0400. The predicted molar refractivity (Wildman–Crippen MR) is 81.6 cm³/mol. The van der Waals surface area contributed by atoms with Crippen LogP contribution in [0.25, 0.3) is 0 Å². The summed E-state index contributed by atoms with van der Waals surface area (Å²) in [5.41, 5.74) is 7.67. The van der Waals surface area contributed by atoms with E-state index < -0.39 is 0 Å². The molecule has 0 aromatic rings. The van der Waals surface area contributed by atoms with Crippen LogP contribution in [0.3, 0.4) is 0 Å². The van der Waals surface area contributed by atoms with Crippen LogP contribution >= 0.6 is 0 Å². The van der Waals surface area contributed by atoms with Crippen LogP contribution in [0.5, 0.6) is 0 Å². The zero-order valence-electron chi connectivity index (χ0n) is 13.6. The van der Waals surface area contributed by atoms with Crippen LogP contribution in [-0.4, -0.2) is 5.54 Å². The Morgan fingerprint density at radius 2 is 1.56 bits per heavy atom. The Labute approximate surface area is 115 Å². The molecule has 1 aliphatic rings. The molecule has 0 radical (unpaired) electrons. The number of nitrogens with two attached hydrogens (primary N) is 1. The summed E-state index contributed by atoms with van der Waals surface area (Å²) in [7, 11) is 0. The SMILES string of the molecule is CCC(C)(C)C1CCC(N)(CCC(C)(C)C)CC1. The molecular weight excluding hydrogens is 218 g/mol. The van der Waals surface area contributed by atoms with E-state index in [4.69, 9.17) is 5.73 Å². The lowest BCUT2D eigenvalue weighted by Crippen LogP contribution is -2.45. The molecule has 108 valence electrons.